The first-order chi connectivity index (χ1) is 6.15. The van der Waals surface area contributed by atoms with Crippen molar-refractivity contribution in [1.82, 2.24) is 5.32 Å². The Hall–Kier alpha value is -0.570. The highest BCUT2D eigenvalue weighted by Crippen LogP contribution is 2.26. The highest BCUT2D eigenvalue weighted by Gasteiger charge is 2.27. The van der Waals surface area contributed by atoms with Gasteiger partial charge in [-0.2, -0.15) is 0 Å². The van der Waals surface area contributed by atoms with Crippen LogP contribution in [0.15, 0.2) is 0 Å². The molecule has 3 heteroatoms. The van der Waals surface area contributed by atoms with Crippen molar-refractivity contribution in [3.05, 3.63) is 0 Å². The lowest BCUT2D eigenvalue weighted by Gasteiger charge is -2.31. The summed E-state index contributed by atoms with van der Waals surface area (Å²) in [6, 6.07) is -0.0900. The first-order valence-corrected chi connectivity index (χ1v) is 5.17. The molecule has 1 amide bonds. The summed E-state index contributed by atoms with van der Waals surface area (Å²) in [5, 5.41) is 3.15. The molecule has 0 aromatic heterocycles. The standard InChI is InChI=1S/C10H20N2O/c1-3-7(2)8-4-5-12-9(6-8)10(11)13/h7-9,12H,3-6H2,1-2H3,(H2,11,13). The Morgan fingerprint density at radius 2 is 2.38 bits per heavy atom. The molecule has 1 fully saturated rings. The van der Waals surface area contributed by atoms with Crippen LogP contribution in [0.25, 0.3) is 0 Å². The smallest absolute Gasteiger partial charge is 0.234 e. The SMILES string of the molecule is CCC(C)C1CCNC(C(N)=O)C1. The van der Waals surface area contributed by atoms with Gasteiger partial charge in [0.25, 0.3) is 0 Å². The van der Waals surface area contributed by atoms with Gasteiger partial charge in [-0.1, -0.05) is 20.3 Å². The molecule has 3 atom stereocenters. The maximum Gasteiger partial charge on any atom is 0.234 e. The van der Waals surface area contributed by atoms with Gasteiger partial charge in [0.1, 0.15) is 0 Å². The van der Waals surface area contributed by atoms with E-state index in [0.29, 0.717) is 11.8 Å². The number of piperidine rings is 1. The molecule has 0 aliphatic carbocycles. The van der Waals surface area contributed by atoms with Crippen LogP contribution >= 0.6 is 0 Å². The third kappa shape index (κ3) is 2.69. The molecule has 3 N–H and O–H groups in total. The van der Waals surface area contributed by atoms with Gasteiger partial charge in [-0.15, -0.1) is 0 Å². The fraction of sp³-hybridized carbons (Fsp3) is 0.900. The van der Waals surface area contributed by atoms with E-state index < -0.39 is 0 Å². The van der Waals surface area contributed by atoms with Gasteiger partial charge in [-0.25, -0.2) is 0 Å². The molecular formula is C10H20N2O. The van der Waals surface area contributed by atoms with Crippen LogP contribution in [0.5, 0.6) is 0 Å². The number of nitrogens with two attached hydrogens (primary N) is 1. The quantitative estimate of drug-likeness (QED) is 0.684. The summed E-state index contributed by atoms with van der Waals surface area (Å²) in [4.78, 5) is 11.0. The number of rotatable bonds is 3. The van der Waals surface area contributed by atoms with Gasteiger partial charge in [0.05, 0.1) is 6.04 Å². The molecule has 1 rings (SSSR count). The summed E-state index contributed by atoms with van der Waals surface area (Å²) in [7, 11) is 0. The van der Waals surface area contributed by atoms with Gasteiger partial charge in [-0.05, 0) is 31.2 Å². The minimum absolute atomic E-state index is 0.0900. The van der Waals surface area contributed by atoms with Gasteiger partial charge in [0.15, 0.2) is 0 Å². The number of carbonyl (C=O) groups excluding carboxylic acids is 1. The van der Waals surface area contributed by atoms with Crippen molar-refractivity contribution in [3.63, 3.8) is 0 Å². The van der Waals surface area contributed by atoms with Crippen molar-refractivity contribution < 1.29 is 4.79 Å². The summed E-state index contributed by atoms with van der Waals surface area (Å²) in [5.41, 5.74) is 5.27. The zero-order valence-electron chi connectivity index (χ0n) is 8.55. The Balaban J connectivity index is 2.46. The first kappa shape index (κ1) is 10.5. The highest BCUT2D eigenvalue weighted by molar-refractivity contribution is 5.79. The second-order valence-corrected chi connectivity index (χ2v) is 4.08. The largest absolute Gasteiger partial charge is 0.368 e. The Morgan fingerprint density at radius 3 is 2.92 bits per heavy atom. The van der Waals surface area contributed by atoms with Crippen LogP contribution in [0.1, 0.15) is 33.1 Å². The lowest BCUT2D eigenvalue weighted by Crippen LogP contribution is -2.47. The summed E-state index contributed by atoms with van der Waals surface area (Å²) < 4.78 is 0. The molecule has 0 radical (unpaired) electrons. The fourth-order valence-electron chi connectivity index (χ4n) is 2.01. The van der Waals surface area contributed by atoms with Gasteiger partial charge in [0.2, 0.25) is 5.91 Å². The summed E-state index contributed by atoms with van der Waals surface area (Å²) in [6.45, 7) is 5.39. The van der Waals surface area contributed by atoms with E-state index in [4.69, 9.17) is 5.73 Å². The number of hydrogen-bond donors (Lipinski definition) is 2. The molecule has 1 aliphatic rings. The second kappa shape index (κ2) is 4.61. The van der Waals surface area contributed by atoms with Crippen molar-refractivity contribution in [3.8, 4) is 0 Å². The molecule has 1 saturated heterocycles. The van der Waals surface area contributed by atoms with Crippen molar-refractivity contribution in [2.75, 3.05) is 6.54 Å². The minimum Gasteiger partial charge on any atom is -0.368 e. The van der Waals surface area contributed by atoms with Gasteiger partial charge in [-0.3, -0.25) is 4.79 Å². The molecular weight excluding hydrogens is 164 g/mol. The molecule has 1 aliphatic heterocycles. The van der Waals surface area contributed by atoms with E-state index in [1.165, 1.54) is 12.8 Å². The topological polar surface area (TPSA) is 55.1 Å². The van der Waals surface area contributed by atoms with Crippen molar-refractivity contribution in [1.29, 1.82) is 0 Å². The van der Waals surface area contributed by atoms with Crippen LogP contribution in [0, 0.1) is 11.8 Å². The molecule has 76 valence electrons. The summed E-state index contributed by atoms with van der Waals surface area (Å²) >= 11 is 0. The predicted octanol–water partition coefficient (Wildman–Crippen LogP) is 0.886. The monoisotopic (exact) mass is 184 g/mol. The van der Waals surface area contributed by atoms with E-state index in [2.05, 4.69) is 19.2 Å². The highest BCUT2D eigenvalue weighted by atomic mass is 16.1. The van der Waals surface area contributed by atoms with Crippen molar-refractivity contribution in [2.45, 2.75) is 39.2 Å². The van der Waals surface area contributed by atoms with E-state index in [1.54, 1.807) is 0 Å². The zero-order chi connectivity index (χ0) is 9.84. The predicted molar refractivity (Wildman–Crippen MR) is 53.2 cm³/mol. The third-order valence-electron chi connectivity index (χ3n) is 3.24. The first-order valence-electron chi connectivity index (χ1n) is 5.17. The Kier molecular flexibility index (Phi) is 3.72. The van der Waals surface area contributed by atoms with Crippen LogP contribution in [-0.4, -0.2) is 18.5 Å². The number of hydrogen-bond acceptors (Lipinski definition) is 2. The van der Waals surface area contributed by atoms with Crippen LogP contribution in [0.2, 0.25) is 0 Å². The van der Waals surface area contributed by atoms with Crippen LogP contribution in [0.4, 0.5) is 0 Å². The van der Waals surface area contributed by atoms with Crippen LogP contribution in [-0.2, 0) is 4.79 Å². The average molecular weight is 184 g/mol. The molecule has 0 spiro atoms. The summed E-state index contributed by atoms with van der Waals surface area (Å²) in [6.07, 6.45) is 3.29. The maximum absolute atomic E-state index is 11.0. The van der Waals surface area contributed by atoms with Gasteiger partial charge < -0.3 is 11.1 Å². The molecule has 1 heterocycles. The van der Waals surface area contributed by atoms with E-state index >= 15 is 0 Å². The lowest BCUT2D eigenvalue weighted by molar-refractivity contribution is -0.121. The van der Waals surface area contributed by atoms with E-state index in [0.717, 1.165) is 13.0 Å². The number of nitrogens with one attached hydrogen (secondary N) is 1. The fourth-order valence-corrected chi connectivity index (χ4v) is 2.01. The van der Waals surface area contributed by atoms with Crippen LogP contribution in [0.3, 0.4) is 0 Å². The van der Waals surface area contributed by atoms with Crippen molar-refractivity contribution >= 4 is 5.91 Å². The Labute approximate surface area is 80.1 Å². The van der Waals surface area contributed by atoms with E-state index in [-0.39, 0.29) is 11.9 Å². The maximum atomic E-state index is 11.0. The van der Waals surface area contributed by atoms with Gasteiger partial charge >= 0.3 is 0 Å². The normalized spacial score (nSPS) is 31.2. The number of carbonyl (C=O) groups is 1. The molecule has 0 aromatic carbocycles. The van der Waals surface area contributed by atoms with E-state index in [1.807, 2.05) is 0 Å². The molecule has 3 unspecified atom stereocenters. The second-order valence-electron chi connectivity index (χ2n) is 4.08. The molecule has 13 heavy (non-hydrogen) atoms. The number of primary amides is 1. The van der Waals surface area contributed by atoms with Crippen molar-refractivity contribution in [2.24, 2.45) is 17.6 Å². The molecule has 0 aromatic rings. The molecule has 0 bridgehead atoms. The average Bonchev–Trinajstić information content (AvgIpc) is 2.17. The lowest BCUT2D eigenvalue weighted by atomic mass is 9.81. The zero-order valence-corrected chi connectivity index (χ0v) is 8.55. The Bertz CT molecular complexity index is 182. The molecule has 0 saturated carbocycles. The van der Waals surface area contributed by atoms with E-state index in [9.17, 15) is 4.79 Å². The third-order valence-corrected chi connectivity index (χ3v) is 3.24. The summed E-state index contributed by atoms with van der Waals surface area (Å²) in [5.74, 6) is 1.18. The Morgan fingerprint density at radius 1 is 1.69 bits per heavy atom. The van der Waals surface area contributed by atoms with Gasteiger partial charge in [0, 0.05) is 0 Å². The number of amides is 1. The van der Waals surface area contributed by atoms with Crippen LogP contribution < -0.4 is 11.1 Å². The molecule has 3 nitrogen and oxygen atoms in total. The minimum atomic E-state index is -0.201.